The highest BCUT2D eigenvalue weighted by Gasteiger charge is 2.38. The van der Waals surface area contributed by atoms with Gasteiger partial charge in [0, 0.05) is 6.42 Å². The zero-order valence-electron chi connectivity index (χ0n) is 9.67. The molecule has 0 aromatic heterocycles. The fourth-order valence-electron chi connectivity index (χ4n) is 2.10. The number of rotatable bonds is 4. The van der Waals surface area contributed by atoms with Crippen molar-refractivity contribution in [2.45, 2.75) is 12.8 Å². The van der Waals surface area contributed by atoms with Crippen LogP contribution in [0.4, 0.5) is 0 Å². The molecule has 18 heavy (non-hydrogen) atoms. The topological polar surface area (TPSA) is 77.5 Å². The van der Waals surface area contributed by atoms with Crippen molar-refractivity contribution in [3.8, 4) is 0 Å². The highest BCUT2D eigenvalue weighted by atomic mass is 16.4. The number of carboxylic acids is 1. The number of likely N-dealkylation sites (tertiary alicyclic amines) is 1. The lowest BCUT2D eigenvalue weighted by Crippen LogP contribution is -2.41. The number of imide groups is 1. The molecule has 94 valence electrons. The fraction of sp³-hybridized carbons (Fsp3) is 0.308. The maximum absolute atomic E-state index is 11.9. The number of carbonyl (C=O) groups excluding carboxylic acids is 3. The van der Waals surface area contributed by atoms with Crippen molar-refractivity contribution in [1.29, 1.82) is 0 Å². The summed E-state index contributed by atoms with van der Waals surface area (Å²) in [4.78, 5) is 34.6. The van der Waals surface area contributed by atoms with E-state index >= 15 is 0 Å². The minimum atomic E-state index is -1.42. The van der Waals surface area contributed by atoms with Crippen molar-refractivity contribution in [2.75, 3.05) is 6.54 Å². The van der Waals surface area contributed by atoms with E-state index in [0.717, 1.165) is 10.5 Å². The summed E-state index contributed by atoms with van der Waals surface area (Å²) in [6.45, 7) is -0.650. The summed E-state index contributed by atoms with van der Waals surface area (Å²) < 4.78 is 0. The summed E-state index contributed by atoms with van der Waals surface area (Å²) >= 11 is 0. The lowest BCUT2D eigenvalue weighted by Gasteiger charge is -2.15. The maximum atomic E-state index is 11.9. The molecule has 0 aliphatic carbocycles. The Labute approximate surface area is 104 Å². The van der Waals surface area contributed by atoms with Crippen molar-refractivity contribution in [3.05, 3.63) is 35.9 Å². The number of amides is 2. The Kier molecular flexibility index (Phi) is 3.41. The molecule has 5 nitrogen and oxygen atoms in total. The molecule has 1 aliphatic heterocycles. The van der Waals surface area contributed by atoms with Gasteiger partial charge < -0.3 is 9.90 Å². The molecule has 5 heteroatoms. The molecule has 0 saturated carbocycles. The third-order valence-electron chi connectivity index (χ3n) is 2.95. The van der Waals surface area contributed by atoms with Crippen LogP contribution in [0.5, 0.6) is 0 Å². The highest BCUT2D eigenvalue weighted by molar-refractivity contribution is 6.05. The number of aliphatic carboxylic acids is 1. The number of hydrogen-bond donors (Lipinski definition) is 0. The van der Waals surface area contributed by atoms with Gasteiger partial charge >= 0.3 is 0 Å². The van der Waals surface area contributed by atoms with Gasteiger partial charge in [0.15, 0.2) is 0 Å². The van der Waals surface area contributed by atoms with E-state index in [-0.39, 0.29) is 6.42 Å². The van der Waals surface area contributed by atoms with Gasteiger partial charge in [-0.3, -0.25) is 14.5 Å². The summed E-state index contributed by atoms with van der Waals surface area (Å²) in [5.74, 6) is -2.74. The highest BCUT2D eigenvalue weighted by Crippen LogP contribution is 2.23. The van der Waals surface area contributed by atoms with Gasteiger partial charge in [-0.15, -0.1) is 0 Å². The molecule has 1 heterocycles. The maximum Gasteiger partial charge on any atom is 0.233 e. The molecule has 1 fully saturated rings. The van der Waals surface area contributed by atoms with E-state index in [1.165, 1.54) is 0 Å². The second-order valence-electron chi connectivity index (χ2n) is 4.28. The number of nitrogens with zero attached hydrogens (tertiary/aromatic N) is 1. The van der Waals surface area contributed by atoms with Crippen molar-refractivity contribution in [1.82, 2.24) is 4.90 Å². The molecule has 0 radical (unpaired) electrons. The Morgan fingerprint density at radius 1 is 1.28 bits per heavy atom. The Bertz CT molecular complexity index is 483. The number of carbonyl (C=O) groups is 3. The van der Waals surface area contributed by atoms with Crippen LogP contribution in [-0.2, 0) is 20.8 Å². The van der Waals surface area contributed by atoms with Gasteiger partial charge in [0.05, 0.1) is 18.4 Å². The predicted octanol–water partition coefficient (Wildman–Crippen LogP) is -0.646. The molecular weight excluding hydrogens is 234 g/mol. The molecular formula is C13H12NO4-. The molecule has 1 saturated heterocycles. The second-order valence-corrected chi connectivity index (χ2v) is 4.28. The van der Waals surface area contributed by atoms with E-state index in [0.29, 0.717) is 6.42 Å². The number of benzene rings is 1. The van der Waals surface area contributed by atoms with Crippen molar-refractivity contribution >= 4 is 17.8 Å². The third-order valence-corrected chi connectivity index (χ3v) is 2.95. The first-order valence-electron chi connectivity index (χ1n) is 5.66. The average molecular weight is 246 g/mol. The van der Waals surface area contributed by atoms with Crippen LogP contribution in [0.1, 0.15) is 12.0 Å². The van der Waals surface area contributed by atoms with E-state index in [1.54, 1.807) is 0 Å². The van der Waals surface area contributed by atoms with Crippen LogP contribution in [0.2, 0.25) is 0 Å². The van der Waals surface area contributed by atoms with E-state index in [1.807, 2.05) is 30.3 Å². The van der Waals surface area contributed by atoms with Crippen LogP contribution in [0.25, 0.3) is 0 Å². The quantitative estimate of drug-likeness (QED) is 0.662. The zero-order valence-corrected chi connectivity index (χ0v) is 9.67. The lowest BCUT2D eigenvalue weighted by molar-refractivity contribution is -0.305. The van der Waals surface area contributed by atoms with Crippen LogP contribution in [0, 0.1) is 5.92 Å². The van der Waals surface area contributed by atoms with Crippen molar-refractivity contribution in [3.63, 3.8) is 0 Å². The predicted molar refractivity (Wildman–Crippen MR) is 60.0 cm³/mol. The van der Waals surface area contributed by atoms with Crippen LogP contribution in [0.15, 0.2) is 30.3 Å². The molecule has 2 rings (SSSR count). The van der Waals surface area contributed by atoms with E-state index in [4.69, 9.17) is 0 Å². The summed E-state index contributed by atoms with van der Waals surface area (Å²) in [6.07, 6.45) is 0.524. The summed E-state index contributed by atoms with van der Waals surface area (Å²) in [6, 6.07) is 9.33. The fourth-order valence-corrected chi connectivity index (χ4v) is 2.10. The first-order chi connectivity index (χ1) is 8.58. The molecule has 1 aromatic rings. The first-order valence-corrected chi connectivity index (χ1v) is 5.66. The molecule has 0 bridgehead atoms. The SMILES string of the molecule is O=C([O-])CN1C(=O)C[C@H](Cc2ccccc2)C1=O. The van der Waals surface area contributed by atoms with Gasteiger partial charge in [-0.25, -0.2) is 0 Å². The minimum absolute atomic E-state index is 0.0704. The van der Waals surface area contributed by atoms with Crippen LogP contribution in [0.3, 0.4) is 0 Å². The van der Waals surface area contributed by atoms with Crippen LogP contribution >= 0.6 is 0 Å². The average Bonchev–Trinajstić information content (AvgIpc) is 2.58. The summed E-state index contributed by atoms with van der Waals surface area (Å²) in [7, 11) is 0. The standard InChI is InChI=1S/C13H13NO4/c15-11-7-10(6-9-4-2-1-3-5-9)13(18)14(11)8-12(16)17/h1-5,10H,6-8H2,(H,16,17)/p-1/t10-/m0/s1. The molecule has 1 atom stereocenters. The Morgan fingerprint density at radius 2 is 1.94 bits per heavy atom. The van der Waals surface area contributed by atoms with Crippen LogP contribution in [-0.4, -0.2) is 29.2 Å². The Balaban J connectivity index is 2.06. The molecule has 0 spiro atoms. The minimum Gasteiger partial charge on any atom is -0.548 e. The molecule has 2 amide bonds. The zero-order chi connectivity index (χ0) is 13.1. The van der Waals surface area contributed by atoms with E-state index in [2.05, 4.69) is 0 Å². The van der Waals surface area contributed by atoms with E-state index < -0.39 is 30.2 Å². The Hall–Kier alpha value is -2.17. The molecule has 0 N–H and O–H groups in total. The van der Waals surface area contributed by atoms with Crippen molar-refractivity contribution in [2.24, 2.45) is 5.92 Å². The lowest BCUT2D eigenvalue weighted by atomic mass is 9.98. The van der Waals surface area contributed by atoms with Gasteiger partial charge in [0.1, 0.15) is 0 Å². The first kappa shape index (κ1) is 12.3. The summed E-state index contributed by atoms with van der Waals surface area (Å²) in [5, 5.41) is 10.5. The molecule has 0 unspecified atom stereocenters. The number of carboxylic acid groups (broad SMARTS) is 1. The number of hydrogen-bond acceptors (Lipinski definition) is 4. The molecule has 1 aliphatic rings. The normalized spacial score (nSPS) is 19.3. The van der Waals surface area contributed by atoms with Gasteiger partial charge in [-0.2, -0.15) is 0 Å². The third kappa shape index (κ3) is 2.56. The van der Waals surface area contributed by atoms with Gasteiger partial charge in [0.2, 0.25) is 11.8 Å². The van der Waals surface area contributed by atoms with Crippen molar-refractivity contribution < 1.29 is 19.5 Å². The largest absolute Gasteiger partial charge is 0.548 e. The summed E-state index contributed by atoms with van der Waals surface area (Å²) in [5.41, 5.74) is 0.957. The van der Waals surface area contributed by atoms with Crippen LogP contribution < -0.4 is 5.11 Å². The monoisotopic (exact) mass is 246 g/mol. The molecule has 1 aromatic carbocycles. The van der Waals surface area contributed by atoms with Gasteiger partial charge in [-0.1, -0.05) is 30.3 Å². The van der Waals surface area contributed by atoms with Gasteiger partial charge in [-0.05, 0) is 12.0 Å². The smallest absolute Gasteiger partial charge is 0.233 e. The second kappa shape index (κ2) is 5.00. The van der Waals surface area contributed by atoms with Gasteiger partial charge in [0.25, 0.3) is 0 Å². The van der Waals surface area contributed by atoms with E-state index in [9.17, 15) is 19.5 Å². The Morgan fingerprint density at radius 3 is 2.56 bits per heavy atom.